The molecule has 0 saturated heterocycles. The van der Waals surface area contributed by atoms with E-state index in [-0.39, 0.29) is 11.3 Å². The van der Waals surface area contributed by atoms with Gasteiger partial charge in [-0.3, -0.25) is 4.79 Å². The van der Waals surface area contributed by atoms with Gasteiger partial charge in [0.2, 0.25) is 15.9 Å². The molecular formula is C21H19FN2O3S. The molecule has 3 aromatic carbocycles. The number of rotatable bonds is 7. The first-order valence-corrected chi connectivity index (χ1v) is 10.1. The minimum Gasteiger partial charge on any atom is -0.325 e. The third-order valence-corrected chi connectivity index (χ3v) is 5.55. The molecule has 0 heterocycles. The fraction of sp³-hybridized carbons (Fsp3) is 0.0952. The summed E-state index contributed by atoms with van der Waals surface area (Å²) in [6.45, 7) is 0. The van der Waals surface area contributed by atoms with Crippen molar-refractivity contribution in [1.82, 2.24) is 4.72 Å². The van der Waals surface area contributed by atoms with Crippen molar-refractivity contribution in [3.05, 3.63) is 96.3 Å². The van der Waals surface area contributed by atoms with E-state index in [2.05, 4.69) is 10.0 Å². The summed E-state index contributed by atoms with van der Waals surface area (Å²) in [4.78, 5) is 12.9. The van der Waals surface area contributed by atoms with E-state index >= 15 is 0 Å². The highest BCUT2D eigenvalue weighted by atomic mass is 32.2. The summed E-state index contributed by atoms with van der Waals surface area (Å²) in [6.07, 6.45) is 0.167. The van der Waals surface area contributed by atoms with Crippen LogP contribution in [0, 0.1) is 5.82 Å². The van der Waals surface area contributed by atoms with Gasteiger partial charge < -0.3 is 5.32 Å². The van der Waals surface area contributed by atoms with Crippen LogP contribution in [0.3, 0.4) is 0 Å². The third kappa shape index (κ3) is 5.25. The number of anilines is 1. The van der Waals surface area contributed by atoms with Gasteiger partial charge in [-0.05, 0) is 48.4 Å². The molecule has 0 aromatic heterocycles. The van der Waals surface area contributed by atoms with Gasteiger partial charge in [0.05, 0.1) is 4.90 Å². The molecule has 5 nitrogen and oxygen atoms in total. The molecule has 0 spiro atoms. The Hall–Kier alpha value is -3.03. The van der Waals surface area contributed by atoms with Gasteiger partial charge in [-0.25, -0.2) is 12.8 Å². The number of sulfonamides is 1. The van der Waals surface area contributed by atoms with Crippen molar-refractivity contribution in [1.29, 1.82) is 0 Å². The number of carbonyl (C=O) groups is 1. The Bertz CT molecular complexity index is 1020. The predicted octanol–water partition coefficient (Wildman–Crippen LogP) is 3.35. The maximum absolute atomic E-state index is 13.1. The average molecular weight is 398 g/mol. The lowest BCUT2D eigenvalue weighted by Crippen LogP contribution is -2.45. The monoisotopic (exact) mass is 398 g/mol. The number of carbonyl (C=O) groups excluding carboxylic acids is 1. The standard InChI is InChI=1S/C21H19FN2O3S/c22-17-11-13-18(14-12-17)23-21(25)20(15-16-7-3-1-4-8-16)24-28(26,27)19-9-5-2-6-10-19/h1-14,20,24H,15H2,(H,23,25)/t20-/m1/s1. The van der Waals surface area contributed by atoms with Gasteiger partial charge in [0.15, 0.2) is 0 Å². The Morgan fingerprint density at radius 2 is 1.43 bits per heavy atom. The van der Waals surface area contributed by atoms with Crippen molar-refractivity contribution in [2.45, 2.75) is 17.4 Å². The van der Waals surface area contributed by atoms with Gasteiger partial charge in [-0.15, -0.1) is 0 Å². The molecule has 0 radical (unpaired) electrons. The molecule has 3 aromatic rings. The summed E-state index contributed by atoms with van der Waals surface area (Å²) >= 11 is 0. The zero-order valence-electron chi connectivity index (χ0n) is 14.9. The first kappa shape index (κ1) is 19.7. The molecule has 144 valence electrons. The third-order valence-electron chi connectivity index (χ3n) is 4.06. The van der Waals surface area contributed by atoms with Crippen molar-refractivity contribution in [2.75, 3.05) is 5.32 Å². The lowest BCUT2D eigenvalue weighted by molar-refractivity contribution is -0.117. The van der Waals surface area contributed by atoms with Crippen molar-refractivity contribution in [3.8, 4) is 0 Å². The molecule has 0 saturated carbocycles. The Morgan fingerprint density at radius 1 is 0.857 bits per heavy atom. The lowest BCUT2D eigenvalue weighted by atomic mass is 10.1. The predicted molar refractivity (Wildman–Crippen MR) is 106 cm³/mol. The Morgan fingerprint density at radius 3 is 2.04 bits per heavy atom. The largest absolute Gasteiger partial charge is 0.325 e. The second kappa shape index (κ2) is 8.77. The maximum atomic E-state index is 13.1. The van der Waals surface area contributed by atoms with E-state index in [0.29, 0.717) is 5.69 Å². The van der Waals surface area contributed by atoms with E-state index in [9.17, 15) is 17.6 Å². The van der Waals surface area contributed by atoms with Gasteiger partial charge in [0, 0.05) is 5.69 Å². The van der Waals surface area contributed by atoms with E-state index < -0.39 is 27.8 Å². The highest BCUT2D eigenvalue weighted by Crippen LogP contribution is 2.13. The summed E-state index contributed by atoms with van der Waals surface area (Å²) in [5.41, 5.74) is 1.18. The summed E-state index contributed by atoms with van der Waals surface area (Å²) in [5.74, 6) is -0.960. The minimum absolute atomic E-state index is 0.0719. The van der Waals surface area contributed by atoms with Crippen molar-refractivity contribution in [2.24, 2.45) is 0 Å². The molecule has 0 aliphatic heterocycles. The van der Waals surface area contributed by atoms with Gasteiger partial charge in [-0.2, -0.15) is 4.72 Å². The summed E-state index contributed by atoms with van der Waals surface area (Å²) in [5, 5.41) is 2.63. The number of hydrogen-bond donors (Lipinski definition) is 2. The molecular weight excluding hydrogens is 379 g/mol. The first-order chi connectivity index (χ1) is 13.4. The van der Waals surface area contributed by atoms with Crippen LogP contribution in [-0.2, 0) is 21.2 Å². The van der Waals surface area contributed by atoms with Crippen LogP contribution in [0.1, 0.15) is 5.56 Å². The number of halogens is 1. The summed E-state index contributed by atoms with van der Waals surface area (Å²) < 4.78 is 40.9. The zero-order valence-corrected chi connectivity index (χ0v) is 15.7. The maximum Gasteiger partial charge on any atom is 0.242 e. The Balaban J connectivity index is 1.84. The van der Waals surface area contributed by atoms with E-state index in [1.54, 1.807) is 18.2 Å². The van der Waals surface area contributed by atoms with Crippen molar-refractivity contribution >= 4 is 21.6 Å². The molecule has 3 rings (SSSR count). The second-order valence-electron chi connectivity index (χ2n) is 6.17. The molecule has 2 N–H and O–H groups in total. The molecule has 0 fully saturated rings. The van der Waals surface area contributed by atoms with E-state index in [1.807, 2.05) is 30.3 Å². The van der Waals surface area contributed by atoms with E-state index in [1.165, 1.54) is 36.4 Å². The van der Waals surface area contributed by atoms with Gasteiger partial charge >= 0.3 is 0 Å². The fourth-order valence-electron chi connectivity index (χ4n) is 2.66. The Labute approximate surface area is 163 Å². The minimum atomic E-state index is -3.89. The van der Waals surface area contributed by atoms with Gasteiger partial charge in [0.1, 0.15) is 11.9 Å². The number of hydrogen-bond acceptors (Lipinski definition) is 3. The van der Waals surface area contributed by atoms with Crippen LogP contribution < -0.4 is 10.0 Å². The van der Waals surface area contributed by atoms with Gasteiger partial charge in [-0.1, -0.05) is 48.5 Å². The zero-order chi connectivity index (χ0) is 20.0. The normalized spacial score (nSPS) is 12.3. The topological polar surface area (TPSA) is 75.3 Å². The average Bonchev–Trinajstić information content (AvgIpc) is 2.70. The number of nitrogens with one attached hydrogen (secondary N) is 2. The van der Waals surface area contributed by atoms with Crippen LogP contribution >= 0.6 is 0 Å². The molecule has 0 bridgehead atoms. The van der Waals surface area contributed by atoms with E-state index in [0.717, 1.165) is 5.56 Å². The lowest BCUT2D eigenvalue weighted by Gasteiger charge is -2.19. The molecule has 0 unspecified atom stereocenters. The van der Waals surface area contributed by atoms with Crippen LogP contribution in [0.5, 0.6) is 0 Å². The Kier molecular flexibility index (Phi) is 6.18. The molecule has 1 amide bonds. The molecule has 7 heteroatoms. The molecule has 0 aliphatic carbocycles. The highest BCUT2D eigenvalue weighted by molar-refractivity contribution is 7.89. The van der Waals surface area contributed by atoms with Crippen LogP contribution in [-0.4, -0.2) is 20.4 Å². The van der Waals surface area contributed by atoms with Crippen LogP contribution in [0.2, 0.25) is 0 Å². The number of amides is 1. The summed E-state index contributed by atoms with van der Waals surface area (Å²) in [7, 11) is -3.89. The quantitative estimate of drug-likeness (QED) is 0.641. The summed E-state index contributed by atoms with van der Waals surface area (Å²) in [6, 6.07) is 21.2. The van der Waals surface area contributed by atoms with Crippen LogP contribution in [0.25, 0.3) is 0 Å². The number of benzene rings is 3. The van der Waals surface area contributed by atoms with E-state index in [4.69, 9.17) is 0 Å². The highest BCUT2D eigenvalue weighted by Gasteiger charge is 2.26. The van der Waals surface area contributed by atoms with Gasteiger partial charge in [0.25, 0.3) is 0 Å². The van der Waals surface area contributed by atoms with Crippen molar-refractivity contribution in [3.63, 3.8) is 0 Å². The van der Waals surface area contributed by atoms with Crippen molar-refractivity contribution < 1.29 is 17.6 Å². The first-order valence-electron chi connectivity index (χ1n) is 8.62. The SMILES string of the molecule is O=C(Nc1ccc(F)cc1)[C@@H](Cc1ccccc1)NS(=O)(=O)c1ccccc1. The van der Waals surface area contributed by atoms with Crippen LogP contribution in [0.4, 0.5) is 10.1 Å². The second-order valence-corrected chi connectivity index (χ2v) is 7.89. The molecule has 1 atom stereocenters. The molecule has 0 aliphatic rings. The smallest absolute Gasteiger partial charge is 0.242 e. The van der Waals surface area contributed by atoms with Crippen LogP contribution in [0.15, 0.2) is 89.8 Å². The fourth-order valence-corrected chi connectivity index (χ4v) is 3.87. The molecule has 28 heavy (non-hydrogen) atoms.